The molecule has 154 valence electrons. The van der Waals surface area contributed by atoms with Gasteiger partial charge in [0.1, 0.15) is 0 Å². The fourth-order valence-corrected chi connectivity index (χ4v) is 4.19. The van der Waals surface area contributed by atoms with Crippen LogP contribution in [0.3, 0.4) is 0 Å². The van der Waals surface area contributed by atoms with Crippen molar-refractivity contribution >= 4 is 28.5 Å². The van der Waals surface area contributed by atoms with Crippen molar-refractivity contribution in [1.82, 2.24) is 4.98 Å². The van der Waals surface area contributed by atoms with Crippen molar-refractivity contribution in [3.05, 3.63) is 70.4 Å². The first-order chi connectivity index (χ1) is 14.4. The van der Waals surface area contributed by atoms with E-state index in [0.29, 0.717) is 11.5 Å². The second kappa shape index (κ2) is 8.27. The number of benzene rings is 2. The Kier molecular flexibility index (Phi) is 5.53. The van der Waals surface area contributed by atoms with Crippen LogP contribution in [0, 0.1) is 19.8 Å². The predicted molar refractivity (Wildman–Crippen MR) is 118 cm³/mol. The largest absolute Gasteiger partial charge is 0.452 e. The van der Waals surface area contributed by atoms with Crippen molar-refractivity contribution < 1.29 is 14.3 Å². The number of pyridine rings is 1. The van der Waals surface area contributed by atoms with Gasteiger partial charge >= 0.3 is 5.97 Å². The van der Waals surface area contributed by atoms with Crippen LogP contribution in [0.5, 0.6) is 0 Å². The first-order valence-electron chi connectivity index (χ1n) is 10.4. The minimum atomic E-state index is -0.462. The summed E-state index contributed by atoms with van der Waals surface area (Å²) in [7, 11) is 0. The summed E-state index contributed by atoms with van der Waals surface area (Å²) in [5.41, 5.74) is 5.99. The molecule has 2 aromatic carbocycles. The highest BCUT2D eigenvalue weighted by Gasteiger charge is 2.26. The molecule has 1 aliphatic carbocycles. The molecule has 1 unspecified atom stereocenters. The van der Waals surface area contributed by atoms with Crippen molar-refractivity contribution in [3.63, 3.8) is 0 Å². The molecule has 4 rings (SSSR count). The van der Waals surface area contributed by atoms with Crippen LogP contribution in [0.4, 0.5) is 5.69 Å². The second-order valence-electron chi connectivity index (χ2n) is 8.17. The number of para-hydroxylation sites is 2. The topological polar surface area (TPSA) is 68.3 Å². The fourth-order valence-electron chi connectivity index (χ4n) is 4.19. The van der Waals surface area contributed by atoms with Gasteiger partial charge in [0.15, 0.2) is 6.61 Å². The quantitative estimate of drug-likeness (QED) is 0.638. The number of aromatic nitrogens is 1. The van der Waals surface area contributed by atoms with Crippen LogP contribution in [0.15, 0.2) is 42.5 Å². The number of nitrogens with zero attached hydrogens (tertiary/aromatic N) is 1. The number of hydrogen-bond acceptors (Lipinski definition) is 4. The third-order valence-electron chi connectivity index (χ3n) is 5.79. The molecule has 30 heavy (non-hydrogen) atoms. The Morgan fingerprint density at radius 3 is 2.60 bits per heavy atom. The molecule has 1 atom stereocenters. The van der Waals surface area contributed by atoms with E-state index < -0.39 is 5.97 Å². The van der Waals surface area contributed by atoms with Crippen LogP contribution < -0.4 is 5.32 Å². The van der Waals surface area contributed by atoms with Gasteiger partial charge in [-0.1, -0.05) is 43.3 Å². The highest BCUT2D eigenvalue weighted by atomic mass is 16.5. The number of rotatable bonds is 4. The first kappa shape index (κ1) is 20.1. The predicted octanol–water partition coefficient (Wildman–Crippen LogP) is 4.77. The Labute approximate surface area is 176 Å². The number of fused-ring (bicyclic) bond motifs is 2. The minimum Gasteiger partial charge on any atom is -0.452 e. The van der Waals surface area contributed by atoms with Crippen molar-refractivity contribution in [3.8, 4) is 0 Å². The summed E-state index contributed by atoms with van der Waals surface area (Å²) in [5, 5.41) is 3.65. The standard InChI is InChI=1S/C25H26N2O3/c1-15-11-12-21-19(13-15)23(18-9-4-5-10-20(18)26-21)25(29)30-14-22(28)27-24-16(2)7-6-8-17(24)3/h4-10,15H,11-14H2,1-3H3,(H,27,28). The fraction of sp³-hybridized carbons (Fsp3) is 0.320. The summed E-state index contributed by atoms with van der Waals surface area (Å²) in [5.74, 6) is -0.323. The molecule has 1 heterocycles. The number of carbonyl (C=O) groups excluding carboxylic acids is 2. The van der Waals surface area contributed by atoms with E-state index in [0.717, 1.165) is 58.2 Å². The zero-order valence-corrected chi connectivity index (χ0v) is 17.6. The number of amides is 1. The lowest BCUT2D eigenvalue weighted by atomic mass is 9.84. The van der Waals surface area contributed by atoms with E-state index in [1.165, 1.54) is 0 Å². The highest BCUT2D eigenvalue weighted by molar-refractivity contribution is 6.06. The van der Waals surface area contributed by atoms with Gasteiger partial charge in [0.2, 0.25) is 0 Å². The van der Waals surface area contributed by atoms with Gasteiger partial charge in [0.05, 0.1) is 11.1 Å². The molecule has 0 bridgehead atoms. The molecule has 0 spiro atoms. The van der Waals surface area contributed by atoms with E-state index in [1.54, 1.807) is 0 Å². The molecule has 3 aromatic rings. The van der Waals surface area contributed by atoms with Gasteiger partial charge in [0.25, 0.3) is 5.91 Å². The minimum absolute atomic E-state index is 0.326. The molecule has 1 amide bonds. The van der Waals surface area contributed by atoms with Gasteiger partial charge in [-0.25, -0.2) is 4.79 Å². The summed E-state index contributed by atoms with van der Waals surface area (Å²) >= 11 is 0. The number of ether oxygens (including phenoxy) is 1. The Hall–Kier alpha value is -3.21. The maximum absolute atomic E-state index is 13.1. The number of nitrogens with one attached hydrogen (secondary N) is 1. The second-order valence-corrected chi connectivity index (χ2v) is 8.17. The molecule has 0 saturated carbocycles. The van der Waals surface area contributed by atoms with E-state index in [9.17, 15) is 9.59 Å². The van der Waals surface area contributed by atoms with E-state index >= 15 is 0 Å². The van der Waals surface area contributed by atoms with Crippen LogP contribution in [0.25, 0.3) is 10.9 Å². The molecule has 0 radical (unpaired) electrons. The molecule has 5 heteroatoms. The van der Waals surface area contributed by atoms with Crippen LogP contribution in [-0.4, -0.2) is 23.5 Å². The molecule has 1 N–H and O–H groups in total. The number of aryl methyl sites for hydroxylation is 3. The van der Waals surface area contributed by atoms with Gasteiger partial charge in [-0.05, 0) is 61.8 Å². The van der Waals surface area contributed by atoms with Crippen LogP contribution >= 0.6 is 0 Å². The van der Waals surface area contributed by atoms with Crippen molar-refractivity contribution in [1.29, 1.82) is 0 Å². The zero-order valence-electron chi connectivity index (χ0n) is 17.6. The Balaban J connectivity index is 1.58. The Morgan fingerprint density at radius 1 is 1.10 bits per heavy atom. The van der Waals surface area contributed by atoms with Crippen LogP contribution in [0.1, 0.15) is 46.1 Å². The van der Waals surface area contributed by atoms with E-state index in [4.69, 9.17) is 9.72 Å². The first-order valence-corrected chi connectivity index (χ1v) is 10.4. The van der Waals surface area contributed by atoms with Crippen molar-refractivity contribution in [2.45, 2.75) is 40.0 Å². The summed E-state index contributed by atoms with van der Waals surface area (Å²) in [6.07, 6.45) is 2.71. The van der Waals surface area contributed by atoms with E-state index in [2.05, 4.69) is 12.2 Å². The van der Waals surface area contributed by atoms with Gasteiger partial charge in [-0.3, -0.25) is 9.78 Å². The van der Waals surface area contributed by atoms with E-state index in [-0.39, 0.29) is 12.5 Å². The molecule has 5 nitrogen and oxygen atoms in total. The van der Waals surface area contributed by atoms with Gasteiger partial charge in [0, 0.05) is 16.8 Å². The third-order valence-corrected chi connectivity index (χ3v) is 5.79. The lowest BCUT2D eigenvalue weighted by Crippen LogP contribution is -2.24. The normalized spacial score (nSPS) is 15.5. The third kappa shape index (κ3) is 3.92. The summed E-state index contributed by atoms with van der Waals surface area (Å²) in [4.78, 5) is 30.3. The average Bonchev–Trinajstić information content (AvgIpc) is 2.73. The summed E-state index contributed by atoms with van der Waals surface area (Å²) < 4.78 is 5.47. The smallest absolute Gasteiger partial charge is 0.339 e. The molecule has 1 aromatic heterocycles. The Morgan fingerprint density at radius 2 is 1.83 bits per heavy atom. The number of anilines is 1. The highest BCUT2D eigenvalue weighted by Crippen LogP contribution is 2.32. The number of hydrogen-bond donors (Lipinski definition) is 1. The SMILES string of the molecule is Cc1cccc(C)c1NC(=O)COC(=O)c1c2c(nc3ccccc13)CCC(C)C2. The van der Waals surface area contributed by atoms with Crippen molar-refractivity contribution in [2.75, 3.05) is 11.9 Å². The zero-order chi connectivity index (χ0) is 21.3. The van der Waals surface area contributed by atoms with Gasteiger partial charge in [-0.2, -0.15) is 0 Å². The number of carbonyl (C=O) groups is 2. The molecule has 0 saturated heterocycles. The lowest BCUT2D eigenvalue weighted by molar-refractivity contribution is -0.119. The Bertz CT molecular complexity index is 1120. The average molecular weight is 402 g/mol. The molecule has 0 fully saturated rings. The van der Waals surface area contributed by atoms with Gasteiger partial charge < -0.3 is 10.1 Å². The number of esters is 1. The summed E-state index contributed by atoms with van der Waals surface area (Å²) in [6.45, 7) is 5.73. The van der Waals surface area contributed by atoms with E-state index in [1.807, 2.05) is 56.3 Å². The van der Waals surface area contributed by atoms with Gasteiger partial charge in [-0.15, -0.1) is 0 Å². The van der Waals surface area contributed by atoms with Crippen molar-refractivity contribution in [2.24, 2.45) is 5.92 Å². The van der Waals surface area contributed by atoms with Crippen LogP contribution in [0.2, 0.25) is 0 Å². The molecular formula is C25H26N2O3. The van der Waals surface area contributed by atoms with Crippen LogP contribution in [-0.2, 0) is 22.4 Å². The summed E-state index contributed by atoms with van der Waals surface area (Å²) in [6, 6.07) is 13.4. The maximum atomic E-state index is 13.1. The maximum Gasteiger partial charge on any atom is 0.339 e. The molecule has 1 aliphatic rings. The monoisotopic (exact) mass is 402 g/mol. The molecule has 0 aliphatic heterocycles. The lowest BCUT2D eigenvalue weighted by Gasteiger charge is -2.24. The molecular weight excluding hydrogens is 376 g/mol.